The molecule has 0 unspecified atom stereocenters. The molecule has 0 aliphatic carbocycles. The van der Waals surface area contributed by atoms with Gasteiger partial charge in [-0.1, -0.05) is 69.6 Å². The molecule has 0 aliphatic heterocycles. The van der Waals surface area contributed by atoms with Crippen LogP contribution in [0.5, 0.6) is 5.75 Å². The average molecular weight is 416 g/mol. The molecule has 1 atom stereocenters. The van der Waals surface area contributed by atoms with E-state index in [4.69, 9.17) is 79.1 Å². The summed E-state index contributed by atoms with van der Waals surface area (Å²) in [5, 5.41) is 2.81. The second kappa shape index (κ2) is 8.04. The number of amides is 1. The van der Waals surface area contributed by atoms with Gasteiger partial charge in [0.1, 0.15) is 5.75 Å². The van der Waals surface area contributed by atoms with E-state index in [1.54, 1.807) is 6.92 Å². The summed E-state index contributed by atoms with van der Waals surface area (Å²) in [5.41, 5.74) is 0. The lowest BCUT2D eigenvalue weighted by Crippen LogP contribution is -2.48. The highest BCUT2D eigenvalue weighted by atomic mass is 35.6. The predicted molar refractivity (Wildman–Crippen MR) is 86.3 cm³/mol. The summed E-state index contributed by atoms with van der Waals surface area (Å²) in [4.78, 5) is 11.4. The van der Waals surface area contributed by atoms with Gasteiger partial charge in [0.15, 0.2) is 0 Å². The molecule has 0 spiro atoms. The predicted octanol–water partition coefficient (Wildman–Crippen LogP) is 5.47. The van der Waals surface area contributed by atoms with Crippen LogP contribution in [0, 0.1) is 0 Å². The van der Waals surface area contributed by atoms with E-state index >= 15 is 0 Å². The van der Waals surface area contributed by atoms with Crippen molar-refractivity contribution in [2.24, 2.45) is 0 Å². The van der Waals surface area contributed by atoms with E-state index in [1.165, 1.54) is 12.1 Å². The number of alkyl carbamates (subject to hydrolysis) is 1. The van der Waals surface area contributed by atoms with Gasteiger partial charge in [0.05, 0.1) is 21.7 Å². The Morgan fingerprint density at radius 1 is 1.19 bits per heavy atom. The van der Waals surface area contributed by atoms with Gasteiger partial charge in [-0.2, -0.15) is 0 Å². The van der Waals surface area contributed by atoms with E-state index in [0.29, 0.717) is 0 Å². The maximum absolute atomic E-state index is 11.4. The Kier molecular flexibility index (Phi) is 7.31. The minimum atomic E-state index is -1.97. The van der Waals surface area contributed by atoms with Crippen molar-refractivity contribution in [3.8, 4) is 5.75 Å². The first-order valence-electron chi connectivity index (χ1n) is 5.46. The van der Waals surface area contributed by atoms with Crippen molar-refractivity contribution in [3.63, 3.8) is 0 Å². The molecule has 0 aromatic heterocycles. The Morgan fingerprint density at radius 3 is 2.29 bits per heavy atom. The molecule has 1 N–H and O–H groups in total. The highest BCUT2D eigenvalue weighted by molar-refractivity contribution is 6.68. The van der Waals surface area contributed by atoms with Crippen molar-refractivity contribution < 1.29 is 14.3 Å². The van der Waals surface area contributed by atoms with Crippen LogP contribution < -0.4 is 10.1 Å². The maximum Gasteiger partial charge on any atom is 0.410 e. The van der Waals surface area contributed by atoms with Crippen LogP contribution in [0.4, 0.5) is 4.79 Å². The quantitative estimate of drug-likeness (QED) is 0.403. The van der Waals surface area contributed by atoms with Gasteiger partial charge in [-0.05, 0) is 13.0 Å². The molecule has 1 aromatic carbocycles. The van der Waals surface area contributed by atoms with Gasteiger partial charge >= 0.3 is 6.09 Å². The minimum absolute atomic E-state index is 0.0826. The van der Waals surface area contributed by atoms with Crippen molar-refractivity contribution in [3.05, 3.63) is 27.2 Å². The van der Waals surface area contributed by atoms with Gasteiger partial charge in [-0.25, -0.2) is 4.79 Å². The summed E-state index contributed by atoms with van der Waals surface area (Å²) in [6.45, 7) is 1.77. The fraction of sp³-hybridized carbons (Fsp3) is 0.364. The second-order valence-corrected chi connectivity index (χ2v) is 7.19. The van der Waals surface area contributed by atoms with Gasteiger partial charge in [0, 0.05) is 6.07 Å². The molecule has 0 saturated heterocycles. The number of hydrogen-bond donors (Lipinski definition) is 1. The van der Waals surface area contributed by atoms with Gasteiger partial charge in [-0.15, -0.1) is 0 Å². The number of halogens is 6. The summed E-state index contributed by atoms with van der Waals surface area (Å²) in [7, 11) is 0. The van der Waals surface area contributed by atoms with Crippen LogP contribution in [0.25, 0.3) is 0 Å². The average Bonchev–Trinajstić information content (AvgIpc) is 2.34. The Hall–Kier alpha value is 0.0300. The molecule has 21 heavy (non-hydrogen) atoms. The van der Waals surface area contributed by atoms with Crippen LogP contribution in [0.2, 0.25) is 15.1 Å². The molecule has 1 aromatic rings. The third kappa shape index (κ3) is 5.97. The van der Waals surface area contributed by atoms with E-state index in [-0.39, 0.29) is 27.4 Å². The normalized spacial score (nSPS) is 12.7. The maximum atomic E-state index is 11.4. The van der Waals surface area contributed by atoms with Crippen molar-refractivity contribution in [1.82, 2.24) is 5.32 Å². The number of benzene rings is 1. The first kappa shape index (κ1) is 19.1. The molecule has 1 rings (SSSR count). The van der Waals surface area contributed by atoms with Crippen LogP contribution in [0.3, 0.4) is 0 Å². The monoisotopic (exact) mass is 413 g/mol. The number of carbonyl (C=O) groups excluding carboxylic acids is 1. The molecule has 0 radical (unpaired) electrons. The number of carbonyl (C=O) groups is 1. The minimum Gasteiger partial charge on any atom is -0.464 e. The third-order valence-electron chi connectivity index (χ3n) is 2.04. The molecule has 0 heterocycles. The molecular formula is C11H9Cl6NO3. The van der Waals surface area contributed by atoms with Crippen LogP contribution in [-0.4, -0.2) is 22.7 Å². The molecule has 118 valence electrons. The second-order valence-electron chi connectivity index (χ2n) is 3.60. The van der Waals surface area contributed by atoms with Crippen LogP contribution in [0.15, 0.2) is 12.1 Å². The Balaban J connectivity index is 2.97. The fourth-order valence-corrected chi connectivity index (χ4v) is 2.06. The number of ether oxygens (including phenoxy) is 2. The van der Waals surface area contributed by atoms with Gasteiger partial charge < -0.3 is 9.47 Å². The molecule has 0 saturated carbocycles. The fourth-order valence-electron chi connectivity index (χ4n) is 1.18. The van der Waals surface area contributed by atoms with E-state index in [1.807, 2.05) is 0 Å². The summed E-state index contributed by atoms with van der Waals surface area (Å²) in [6.07, 6.45) is -2.17. The molecule has 0 bridgehead atoms. The topological polar surface area (TPSA) is 47.6 Å². The molecule has 10 heteroatoms. The lowest BCUT2D eigenvalue weighted by molar-refractivity contribution is 0.115. The smallest absolute Gasteiger partial charge is 0.410 e. The van der Waals surface area contributed by atoms with E-state index < -0.39 is 16.1 Å². The third-order valence-corrected chi connectivity index (χ3v) is 3.65. The number of alkyl halides is 3. The zero-order chi connectivity index (χ0) is 16.2. The van der Waals surface area contributed by atoms with Crippen molar-refractivity contribution in [2.45, 2.75) is 16.9 Å². The van der Waals surface area contributed by atoms with E-state index in [0.717, 1.165) is 0 Å². The molecule has 1 amide bonds. The first-order chi connectivity index (χ1) is 9.65. The summed E-state index contributed by atoms with van der Waals surface area (Å²) in [5.74, 6) is 0.0826. The van der Waals surface area contributed by atoms with Crippen molar-refractivity contribution in [2.75, 3.05) is 6.61 Å². The number of rotatable bonds is 4. The highest BCUT2D eigenvalue weighted by Crippen LogP contribution is 2.37. The first-order valence-corrected chi connectivity index (χ1v) is 7.73. The molecule has 4 nitrogen and oxygen atoms in total. The lowest BCUT2D eigenvalue weighted by atomic mass is 10.3. The van der Waals surface area contributed by atoms with Crippen molar-refractivity contribution in [1.29, 1.82) is 0 Å². The zero-order valence-corrected chi connectivity index (χ0v) is 15.0. The zero-order valence-electron chi connectivity index (χ0n) is 10.4. The van der Waals surface area contributed by atoms with Crippen LogP contribution in [0.1, 0.15) is 6.92 Å². The standard InChI is InChI=1S/C11H9Cl6NO3/c1-2-20-10(19)18-9(11(15,16)17)21-8-4-6(13)5(12)3-7(8)14/h3-4,9H,2H2,1H3,(H,18,19)/t9-/m1/s1. The largest absolute Gasteiger partial charge is 0.464 e. The number of hydrogen-bond acceptors (Lipinski definition) is 3. The number of nitrogens with one attached hydrogen (secondary N) is 1. The van der Waals surface area contributed by atoms with Gasteiger partial charge in [-0.3, -0.25) is 5.32 Å². The molecule has 0 fully saturated rings. The highest BCUT2D eigenvalue weighted by Gasteiger charge is 2.37. The Labute approximate surface area is 151 Å². The van der Waals surface area contributed by atoms with E-state index in [2.05, 4.69) is 5.32 Å². The lowest BCUT2D eigenvalue weighted by Gasteiger charge is -2.26. The summed E-state index contributed by atoms with van der Waals surface area (Å²) < 4.78 is 8.10. The summed E-state index contributed by atoms with van der Waals surface area (Å²) in [6, 6.07) is 2.70. The van der Waals surface area contributed by atoms with E-state index in [9.17, 15) is 4.79 Å². The summed E-state index contributed by atoms with van der Waals surface area (Å²) >= 11 is 34.9. The SMILES string of the molecule is CCOC(=O)N[C@H](Oc1cc(Cl)c(Cl)cc1Cl)C(Cl)(Cl)Cl. The van der Waals surface area contributed by atoms with Crippen LogP contribution >= 0.6 is 69.6 Å². The molecular weight excluding hydrogens is 407 g/mol. The Bertz CT molecular complexity index is 519. The Morgan fingerprint density at radius 2 is 1.76 bits per heavy atom. The van der Waals surface area contributed by atoms with Crippen LogP contribution in [-0.2, 0) is 4.74 Å². The van der Waals surface area contributed by atoms with Gasteiger partial charge in [0.2, 0.25) is 10.0 Å². The van der Waals surface area contributed by atoms with Gasteiger partial charge in [0.25, 0.3) is 0 Å². The van der Waals surface area contributed by atoms with Crippen molar-refractivity contribution >= 4 is 75.7 Å². The molecule has 0 aliphatic rings.